The van der Waals surface area contributed by atoms with Gasteiger partial charge in [0.2, 0.25) is 0 Å². The normalized spacial score (nSPS) is 15.8. The van der Waals surface area contributed by atoms with E-state index in [1.54, 1.807) is 18.2 Å². The van der Waals surface area contributed by atoms with Gasteiger partial charge < -0.3 is 14.3 Å². The average Bonchev–Trinajstić information content (AvgIpc) is 3.42. The molecule has 3 aromatic rings. The van der Waals surface area contributed by atoms with Crippen molar-refractivity contribution in [3.63, 3.8) is 0 Å². The Bertz CT molecular complexity index is 1000. The van der Waals surface area contributed by atoms with Crippen LogP contribution in [0.15, 0.2) is 47.1 Å². The highest BCUT2D eigenvalue weighted by atomic mass is 19.1. The number of imidazole rings is 1. The lowest BCUT2D eigenvalue weighted by atomic mass is 9.95. The standard InChI is InChI=1S/C24H28FN3O2/c1-3-16(2)27-24(29)21-14-13-20(30-21)23-22(17-9-11-18(25)12-10-17)26-15-28(23)19-7-5-4-6-8-19/h9-16,19H,3-8H2,1-2H3,(H,27,29)/t16-/m0/s1. The van der Waals surface area contributed by atoms with Gasteiger partial charge in [-0.1, -0.05) is 26.2 Å². The number of aromatic nitrogens is 2. The maximum absolute atomic E-state index is 13.5. The molecule has 5 nitrogen and oxygen atoms in total. The van der Waals surface area contributed by atoms with Crippen LogP contribution in [0.2, 0.25) is 0 Å². The number of carbonyl (C=O) groups excluding carboxylic acids is 1. The average molecular weight is 410 g/mol. The highest BCUT2D eigenvalue weighted by molar-refractivity contribution is 5.92. The molecule has 1 N–H and O–H groups in total. The maximum atomic E-state index is 13.5. The van der Waals surface area contributed by atoms with Crippen LogP contribution < -0.4 is 5.32 Å². The predicted octanol–water partition coefficient (Wildman–Crippen LogP) is 5.98. The fourth-order valence-electron chi connectivity index (χ4n) is 4.04. The van der Waals surface area contributed by atoms with Crippen molar-refractivity contribution in [2.45, 2.75) is 64.5 Å². The van der Waals surface area contributed by atoms with Crippen molar-refractivity contribution in [2.24, 2.45) is 0 Å². The quantitative estimate of drug-likeness (QED) is 0.544. The van der Waals surface area contributed by atoms with Crippen LogP contribution in [0.3, 0.4) is 0 Å². The van der Waals surface area contributed by atoms with Crippen molar-refractivity contribution in [1.29, 1.82) is 0 Å². The van der Waals surface area contributed by atoms with E-state index in [0.29, 0.717) is 11.8 Å². The van der Waals surface area contributed by atoms with Crippen LogP contribution in [0.4, 0.5) is 4.39 Å². The summed E-state index contributed by atoms with van der Waals surface area (Å²) in [4.78, 5) is 17.2. The van der Waals surface area contributed by atoms with Crippen LogP contribution in [-0.2, 0) is 0 Å². The number of amides is 1. The molecule has 2 heterocycles. The first-order valence-corrected chi connectivity index (χ1v) is 10.8. The van der Waals surface area contributed by atoms with E-state index in [2.05, 4.69) is 14.9 Å². The van der Waals surface area contributed by atoms with Gasteiger partial charge in [-0.25, -0.2) is 9.37 Å². The Morgan fingerprint density at radius 2 is 1.93 bits per heavy atom. The van der Waals surface area contributed by atoms with Gasteiger partial charge in [-0.3, -0.25) is 4.79 Å². The molecular formula is C24H28FN3O2. The minimum absolute atomic E-state index is 0.0774. The van der Waals surface area contributed by atoms with E-state index < -0.39 is 0 Å². The van der Waals surface area contributed by atoms with Crippen LogP contribution in [-0.4, -0.2) is 21.5 Å². The molecule has 1 aromatic carbocycles. The molecule has 1 saturated carbocycles. The Hall–Kier alpha value is -2.89. The lowest BCUT2D eigenvalue weighted by Gasteiger charge is -2.24. The minimum atomic E-state index is -0.283. The molecule has 158 valence electrons. The number of benzene rings is 1. The summed E-state index contributed by atoms with van der Waals surface area (Å²) in [6.07, 6.45) is 8.52. The van der Waals surface area contributed by atoms with Gasteiger partial charge in [-0.15, -0.1) is 0 Å². The monoisotopic (exact) mass is 409 g/mol. The summed E-state index contributed by atoms with van der Waals surface area (Å²) in [6.45, 7) is 3.99. The van der Waals surface area contributed by atoms with E-state index in [1.807, 2.05) is 26.2 Å². The zero-order chi connectivity index (χ0) is 21.1. The second kappa shape index (κ2) is 8.86. The Morgan fingerprint density at radius 1 is 1.20 bits per heavy atom. The summed E-state index contributed by atoms with van der Waals surface area (Å²) in [5, 5.41) is 2.94. The predicted molar refractivity (Wildman–Crippen MR) is 115 cm³/mol. The second-order valence-electron chi connectivity index (χ2n) is 8.09. The van der Waals surface area contributed by atoms with E-state index in [4.69, 9.17) is 4.42 Å². The molecule has 30 heavy (non-hydrogen) atoms. The molecule has 0 spiro atoms. The van der Waals surface area contributed by atoms with Crippen molar-refractivity contribution < 1.29 is 13.6 Å². The highest BCUT2D eigenvalue weighted by Crippen LogP contribution is 2.38. The number of halogens is 1. The Morgan fingerprint density at radius 3 is 2.63 bits per heavy atom. The largest absolute Gasteiger partial charge is 0.449 e. The molecule has 6 heteroatoms. The van der Waals surface area contributed by atoms with E-state index in [-0.39, 0.29) is 23.5 Å². The van der Waals surface area contributed by atoms with E-state index in [1.165, 1.54) is 31.4 Å². The van der Waals surface area contributed by atoms with Gasteiger partial charge in [0.05, 0.1) is 12.0 Å². The molecule has 1 aliphatic rings. The Kier molecular flexibility index (Phi) is 6.02. The molecule has 0 radical (unpaired) electrons. The minimum Gasteiger partial charge on any atom is -0.449 e. The lowest BCUT2D eigenvalue weighted by Crippen LogP contribution is -2.31. The van der Waals surface area contributed by atoms with Gasteiger partial charge in [0.25, 0.3) is 5.91 Å². The Labute approximate surface area is 176 Å². The smallest absolute Gasteiger partial charge is 0.287 e. The molecule has 0 unspecified atom stereocenters. The van der Waals surface area contributed by atoms with Crippen molar-refractivity contribution in [3.05, 3.63) is 54.3 Å². The number of carbonyl (C=O) groups is 1. The molecule has 0 saturated heterocycles. The first-order chi connectivity index (χ1) is 14.6. The highest BCUT2D eigenvalue weighted by Gasteiger charge is 2.25. The zero-order valence-corrected chi connectivity index (χ0v) is 17.5. The van der Waals surface area contributed by atoms with Gasteiger partial charge in [0.1, 0.15) is 11.5 Å². The van der Waals surface area contributed by atoms with Gasteiger partial charge in [-0.05, 0) is 62.6 Å². The third kappa shape index (κ3) is 4.18. The van der Waals surface area contributed by atoms with Crippen molar-refractivity contribution in [1.82, 2.24) is 14.9 Å². The number of hydrogen-bond donors (Lipinski definition) is 1. The number of rotatable bonds is 6. The number of hydrogen-bond acceptors (Lipinski definition) is 3. The van der Waals surface area contributed by atoms with Crippen molar-refractivity contribution >= 4 is 5.91 Å². The fourth-order valence-corrected chi connectivity index (χ4v) is 4.04. The first-order valence-electron chi connectivity index (χ1n) is 10.8. The van der Waals surface area contributed by atoms with Crippen LogP contribution >= 0.6 is 0 Å². The van der Waals surface area contributed by atoms with Crippen LogP contribution in [0, 0.1) is 5.82 Å². The summed E-state index contributed by atoms with van der Waals surface area (Å²) in [5.74, 6) is 0.384. The van der Waals surface area contributed by atoms with Gasteiger partial charge in [-0.2, -0.15) is 0 Å². The van der Waals surface area contributed by atoms with Crippen molar-refractivity contribution in [2.75, 3.05) is 0 Å². The molecular weight excluding hydrogens is 381 g/mol. The molecule has 0 aliphatic heterocycles. The molecule has 0 bridgehead atoms. The number of nitrogens with zero attached hydrogens (tertiary/aromatic N) is 2. The summed E-state index contributed by atoms with van der Waals surface area (Å²) in [7, 11) is 0. The second-order valence-corrected chi connectivity index (χ2v) is 8.09. The molecule has 1 fully saturated rings. The lowest BCUT2D eigenvalue weighted by molar-refractivity contribution is 0.0912. The summed E-state index contributed by atoms with van der Waals surface area (Å²) >= 11 is 0. The third-order valence-electron chi connectivity index (χ3n) is 5.93. The van der Waals surface area contributed by atoms with E-state index >= 15 is 0 Å². The molecule has 4 rings (SSSR count). The topological polar surface area (TPSA) is 60.1 Å². The van der Waals surface area contributed by atoms with E-state index in [9.17, 15) is 9.18 Å². The summed E-state index contributed by atoms with van der Waals surface area (Å²) in [6, 6.07) is 10.3. The van der Waals surface area contributed by atoms with Gasteiger partial charge >= 0.3 is 0 Å². The van der Waals surface area contributed by atoms with Crippen LogP contribution in [0.1, 0.15) is 69.0 Å². The number of furan rings is 1. The molecule has 1 atom stereocenters. The van der Waals surface area contributed by atoms with Crippen LogP contribution in [0.25, 0.3) is 22.7 Å². The summed E-state index contributed by atoms with van der Waals surface area (Å²) < 4.78 is 21.6. The van der Waals surface area contributed by atoms with E-state index in [0.717, 1.165) is 36.2 Å². The zero-order valence-electron chi connectivity index (χ0n) is 17.5. The fraction of sp³-hybridized carbons (Fsp3) is 0.417. The Balaban J connectivity index is 1.74. The van der Waals surface area contributed by atoms with Gasteiger partial charge in [0.15, 0.2) is 11.5 Å². The first kappa shape index (κ1) is 20.4. The molecule has 2 aromatic heterocycles. The number of nitrogens with one attached hydrogen (secondary N) is 1. The third-order valence-corrected chi connectivity index (χ3v) is 5.93. The summed E-state index contributed by atoms with van der Waals surface area (Å²) in [5.41, 5.74) is 2.41. The van der Waals surface area contributed by atoms with Crippen LogP contribution in [0.5, 0.6) is 0 Å². The van der Waals surface area contributed by atoms with Crippen molar-refractivity contribution in [3.8, 4) is 22.7 Å². The SMILES string of the molecule is CC[C@H](C)NC(=O)c1ccc(-c2c(-c3ccc(F)cc3)ncn2C2CCCCC2)o1. The maximum Gasteiger partial charge on any atom is 0.287 e. The molecule has 1 aliphatic carbocycles. The molecule has 1 amide bonds. The van der Waals surface area contributed by atoms with Gasteiger partial charge in [0, 0.05) is 17.6 Å².